The van der Waals surface area contributed by atoms with Crippen molar-refractivity contribution in [2.45, 2.75) is 45.1 Å². The van der Waals surface area contributed by atoms with Crippen LogP contribution in [0.1, 0.15) is 26.7 Å². The molecule has 0 aromatic heterocycles. The van der Waals surface area contributed by atoms with Crippen LogP contribution in [0, 0.1) is 5.92 Å². The third-order valence-electron chi connectivity index (χ3n) is 3.36. The SMILES string of the molecule is CC(C)N(CC1CCCNC1)CC(F)(F)C(F)F. The van der Waals surface area contributed by atoms with Crippen LogP contribution in [0.2, 0.25) is 0 Å². The Hall–Kier alpha value is -0.360. The highest BCUT2D eigenvalue weighted by molar-refractivity contribution is 4.80. The van der Waals surface area contributed by atoms with Crippen molar-refractivity contribution in [1.82, 2.24) is 10.2 Å². The van der Waals surface area contributed by atoms with E-state index < -0.39 is 18.9 Å². The van der Waals surface area contributed by atoms with Gasteiger partial charge in [0.1, 0.15) is 0 Å². The van der Waals surface area contributed by atoms with Gasteiger partial charge in [0, 0.05) is 12.6 Å². The minimum atomic E-state index is -3.92. The molecule has 1 unspecified atom stereocenters. The third kappa shape index (κ3) is 4.72. The molecule has 0 saturated carbocycles. The Balaban J connectivity index is 2.54. The summed E-state index contributed by atoms with van der Waals surface area (Å²) < 4.78 is 50.7. The lowest BCUT2D eigenvalue weighted by Crippen LogP contribution is -2.48. The quantitative estimate of drug-likeness (QED) is 0.746. The molecule has 6 heteroatoms. The molecule has 1 atom stereocenters. The van der Waals surface area contributed by atoms with E-state index >= 15 is 0 Å². The molecule has 1 fully saturated rings. The first-order valence-electron chi connectivity index (χ1n) is 6.43. The highest BCUT2D eigenvalue weighted by Gasteiger charge is 2.42. The molecule has 1 aliphatic heterocycles. The zero-order valence-electron chi connectivity index (χ0n) is 10.9. The maximum Gasteiger partial charge on any atom is 0.319 e. The molecule has 0 amide bonds. The van der Waals surface area contributed by atoms with Crippen LogP contribution >= 0.6 is 0 Å². The average Bonchev–Trinajstić information content (AvgIpc) is 2.29. The van der Waals surface area contributed by atoms with Crippen molar-refractivity contribution in [2.24, 2.45) is 5.92 Å². The van der Waals surface area contributed by atoms with Crippen LogP contribution in [0.15, 0.2) is 0 Å². The van der Waals surface area contributed by atoms with Crippen LogP contribution in [-0.4, -0.2) is 49.5 Å². The highest BCUT2D eigenvalue weighted by Crippen LogP contribution is 2.26. The minimum Gasteiger partial charge on any atom is -0.316 e. The number of rotatable bonds is 6. The molecule has 2 nitrogen and oxygen atoms in total. The van der Waals surface area contributed by atoms with E-state index in [2.05, 4.69) is 5.32 Å². The standard InChI is InChI=1S/C12H22F4N2/c1-9(2)18(8-12(15,16)11(13)14)7-10-4-3-5-17-6-10/h9-11,17H,3-8H2,1-2H3. The van der Waals surface area contributed by atoms with Crippen LogP contribution in [-0.2, 0) is 0 Å². The molecular formula is C12H22F4N2. The van der Waals surface area contributed by atoms with Gasteiger partial charge >= 0.3 is 12.3 Å². The Kier molecular flexibility index (Phi) is 5.85. The van der Waals surface area contributed by atoms with Crippen LogP contribution in [0.25, 0.3) is 0 Å². The lowest BCUT2D eigenvalue weighted by molar-refractivity contribution is -0.146. The molecule has 1 N–H and O–H groups in total. The lowest BCUT2D eigenvalue weighted by Gasteiger charge is -2.34. The predicted octanol–water partition coefficient (Wildman–Crippen LogP) is 2.60. The van der Waals surface area contributed by atoms with Crippen molar-refractivity contribution in [3.8, 4) is 0 Å². The Morgan fingerprint density at radius 1 is 1.33 bits per heavy atom. The van der Waals surface area contributed by atoms with Crippen molar-refractivity contribution in [2.75, 3.05) is 26.2 Å². The van der Waals surface area contributed by atoms with Gasteiger partial charge in [0.15, 0.2) is 0 Å². The van der Waals surface area contributed by atoms with Crippen LogP contribution in [0.4, 0.5) is 17.6 Å². The zero-order valence-corrected chi connectivity index (χ0v) is 10.9. The van der Waals surface area contributed by atoms with Gasteiger partial charge in [0.25, 0.3) is 0 Å². The molecule has 1 rings (SSSR count). The fourth-order valence-electron chi connectivity index (χ4n) is 2.21. The summed E-state index contributed by atoms with van der Waals surface area (Å²) in [5.74, 6) is -3.65. The molecule has 0 spiro atoms. The Bertz CT molecular complexity index is 240. The van der Waals surface area contributed by atoms with E-state index in [0.717, 1.165) is 25.9 Å². The molecule has 18 heavy (non-hydrogen) atoms. The van der Waals surface area contributed by atoms with E-state index in [1.54, 1.807) is 13.8 Å². The summed E-state index contributed by atoms with van der Waals surface area (Å²) in [4.78, 5) is 1.46. The molecule has 0 aromatic rings. The maximum atomic E-state index is 13.1. The molecule has 0 aliphatic carbocycles. The normalized spacial score (nSPS) is 22.2. The molecule has 1 aliphatic rings. The van der Waals surface area contributed by atoms with Gasteiger partial charge in [-0.25, -0.2) is 8.78 Å². The Morgan fingerprint density at radius 3 is 2.44 bits per heavy atom. The second kappa shape index (κ2) is 6.70. The van der Waals surface area contributed by atoms with Gasteiger partial charge in [0.05, 0.1) is 6.54 Å². The van der Waals surface area contributed by atoms with Crippen molar-refractivity contribution < 1.29 is 17.6 Å². The zero-order chi connectivity index (χ0) is 13.8. The summed E-state index contributed by atoms with van der Waals surface area (Å²) in [5.41, 5.74) is 0. The number of nitrogens with zero attached hydrogens (tertiary/aromatic N) is 1. The first-order chi connectivity index (χ1) is 8.33. The smallest absolute Gasteiger partial charge is 0.316 e. The number of nitrogens with one attached hydrogen (secondary N) is 1. The summed E-state index contributed by atoms with van der Waals surface area (Å²) in [7, 11) is 0. The molecule has 0 aromatic carbocycles. The molecule has 0 bridgehead atoms. The van der Waals surface area contributed by atoms with Crippen LogP contribution in [0.3, 0.4) is 0 Å². The Morgan fingerprint density at radius 2 is 2.00 bits per heavy atom. The highest BCUT2D eigenvalue weighted by atomic mass is 19.3. The largest absolute Gasteiger partial charge is 0.319 e. The number of piperidine rings is 1. The van der Waals surface area contributed by atoms with Gasteiger partial charge in [-0.1, -0.05) is 0 Å². The van der Waals surface area contributed by atoms with E-state index in [4.69, 9.17) is 0 Å². The first-order valence-corrected chi connectivity index (χ1v) is 6.43. The molecule has 1 heterocycles. The molecular weight excluding hydrogens is 248 g/mol. The first kappa shape index (κ1) is 15.7. The van der Waals surface area contributed by atoms with Crippen LogP contribution < -0.4 is 5.32 Å². The van der Waals surface area contributed by atoms with Crippen LogP contribution in [0.5, 0.6) is 0 Å². The fourth-order valence-corrected chi connectivity index (χ4v) is 2.21. The fraction of sp³-hybridized carbons (Fsp3) is 1.00. The summed E-state index contributed by atoms with van der Waals surface area (Å²) in [6.45, 7) is 4.84. The average molecular weight is 270 g/mol. The number of halogens is 4. The van der Waals surface area contributed by atoms with E-state index in [1.165, 1.54) is 4.90 Å². The lowest BCUT2D eigenvalue weighted by atomic mass is 9.98. The summed E-state index contributed by atoms with van der Waals surface area (Å²) in [6.07, 6.45) is -1.61. The second-order valence-electron chi connectivity index (χ2n) is 5.30. The van der Waals surface area contributed by atoms with Crippen molar-refractivity contribution in [3.63, 3.8) is 0 Å². The summed E-state index contributed by atoms with van der Waals surface area (Å²) in [5, 5.41) is 3.20. The van der Waals surface area contributed by atoms with Crippen molar-refractivity contribution >= 4 is 0 Å². The van der Waals surface area contributed by atoms with Gasteiger partial charge in [-0.2, -0.15) is 8.78 Å². The van der Waals surface area contributed by atoms with Crippen molar-refractivity contribution in [1.29, 1.82) is 0 Å². The minimum absolute atomic E-state index is 0.156. The molecule has 108 valence electrons. The van der Waals surface area contributed by atoms with E-state index in [9.17, 15) is 17.6 Å². The van der Waals surface area contributed by atoms with Gasteiger partial charge < -0.3 is 5.32 Å². The monoisotopic (exact) mass is 270 g/mol. The molecule has 1 saturated heterocycles. The number of alkyl halides is 4. The van der Waals surface area contributed by atoms with Gasteiger partial charge in [-0.15, -0.1) is 0 Å². The van der Waals surface area contributed by atoms with Gasteiger partial charge in [0.2, 0.25) is 0 Å². The predicted molar refractivity (Wildman–Crippen MR) is 63.3 cm³/mol. The summed E-state index contributed by atoms with van der Waals surface area (Å²) >= 11 is 0. The maximum absolute atomic E-state index is 13.1. The second-order valence-corrected chi connectivity index (χ2v) is 5.30. The topological polar surface area (TPSA) is 15.3 Å². The summed E-state index contributed by atoms with van der Waals surface area (Å²) in [6, 6.07) is -0.156. The molecule has 0 radical (unpaired) electrons. The Labute approximate surface area is 106 Å². The van der Waals surface area contributed by atoms with Gasteiger partial charge in [-0.05, 0) is 45.7 Å². The number of hydrogen-bond acceptors (Lipinski definition) is 2. The van der Waals surface area contributed by atoms with E-state index in [0.29, 0.717) is 6.54 Å². The van der Waals surface area contributed by atoms with Crippen molar-refractivity contribution in [3.05, 3.63) is 0 Å². The van der Waals surface area contributed by atoms with E-state index in [-0.39, 0.29) is 12.0 Å². The van der Waals surface area contributed by atoms with Gasteiger partial charge in [-0.3, -0.25) is 4.90 Å². The number of hydrogen-bond donors (Lipinski definition) is 1. The third-order valence-corrected chi connectivity index (χ3v) is 3.36. The van der Waals surface area contributed by atoms with E-state index in [1.807, 2.05) is 0 Å².